The highest BCUT2D eigenvalue weighted by Gasteiger charge is 2.30. The fourth-order valence-corrected chi connectivity index (χ4v) is 1.57. The Labute approximate surface area is 81.7 Å². The number of nitriles is 1. The van der Waals surface area contributed by atoms with Crippen LogP contribution in [0.3, 0.4) is 0 Å². The number of aliphatic hydroxyl groups is 1. The molecule has 1 heterocycles. The van der Waals surface area contributed by atoms with Gasteiger partial charge in [0.2, 0.25) is 0 Å². The highest BCUT2D eigenvalue weighted by Crippen LogP contribution is 2.32. The van der Waals surface area contributed by atoms with Gasteiger partial charge in [0.15, 0.2) is 0 Å². The first-order chi connectivity index (χ1) is 5.97. The third-order valence-corrected chi connectivity index (χ3v) is 2.68. The first kappa shape index (κ1) is 10.2. The van der Waals surface area contributed by atoms with E-state index in [-0.39, 0.29) is 0 Å². The van der Waals surface area contributed by atoms with E-state index in [0.29, 0.717) is 5.69 Å². The maximum atomic E-state index is 9.78. The molecule has 0 aliphatic rings. The smallest absolute Gasteiger partial charge is 0.115 e. The van der Waals surface area contributed by atoms with Gasteiger partial charge < -0.3 is 5.11 Å². The molecule has 0 saturated carbocycles. The second kappa shape index (κ2) is 3.44. The Morgan fingerprint density at radius 3 is 2.69 bits per heavy atom. The summed E-state index contributed by atoms with van der Waals surface area (Å²) >= 11 is 1.48. The predicted octanol–water partition coefficient (Wildman–Crippen LogP) is 2.03. The average molecular weight is 196 g/mol. The number of hydrogen-bond donors (Lipinski definition) is 1. The second-order valence-electron chi connectivity index (χ2n) is 3.53. The van der Waals surface area contributed by atoms with Crippen molar-refractivity contribution in [3.63, 3.8) is 0 Å². The summed E-state index contributed by atoms with van der Waals surface area (Å²) in [6.07, 6.45) is -0.803. The van der Waals surface area contributed by atoms with E-state index in [9.17, 15) is 5.11 Å². The Bertz CT molecular complexity index is 338. The van der Waals surface area contributed by atoms with Crippen molar-refractivity contribution in [2.75, 3.05) is 0 Å². The van der Waals surface area contributed by atoms with E-state index in [2.05, 4.69) is 11.1 Å². The van der Waals surface area contributed by atoms with Crippen LogP contribution in [-0.2, 0) is 0 Å². The Morgan fingerprint density at radius 1 is 1.69 bits per heavy atom. The van der Waals surface area contributed by atoms with E-state index in [0.717, 1.165) is 5.01 Å². The molecule has 0 amide bonds. The van der Waals surface area contributed by atoms with Gasteiger partial charge in [-0.25, -0.2) is 4.98 Å². The molecular weight excluding hydrogens is 184 g/mol. The van der Waals surface area contributed by atoms with Gasteiger partial charge in [0, 0.05) is 5.38 Å². The number of aliphatic hydroxyl groups excluding tert-OH is 1. The van der Waals surface area contributed by atoms with Gasteiger partial charge in [-0.05, 0) is 20.8 Å². The van der Waals surface area contributed by atoms with Crippen molar-refractivity contribution in [1.82, 2.24) is 4.98 Å². The van der Waals surface area contributed by atoms with E-state index in [1.165, 1.54) is 11.3 Å². The zero-order valence-corrected chi connectivity index (χ0v) is 8.72. The second-order valence-corrected chi connectivity index (χ2v) is 4.59. The van der Waals surface area contributed by atoms with Crippen molar-refractivity contribution in [2.45, 2.75) is 26.9 Å². The minimum Gasteiger partial charge on any atom is -0.385 e. The molecule has 0 radical (unpaired) electrons. The average Bonchev–Trinajstić information content (AvgIpc) is 2.50. The molecule has 1 N–H and O–H groups in total. The fraction of sp³-hybridized carbons (Fsp3) is 0.556. The Morgan fingerprint density at radius 2 is 2.31 bits per heavy atom. The predicted molar refractivity (Wildman–Crippen MR) is 51.2 cm³/mol. The van der Waals surface area contributed by atoms with Gasteiger partial charge >= 0.3 is 0 Å². The van der Waals surface area contributed by atoms with Gasteiger partial charge in [-0.2, -0.15) is 5.26 Å². The standard InChI is InChI=1S/C9H12N2OS/c1-6-11-7(4-13-6)8(12)9(2,3)5-10/h4,8,12H,1-3H3. The van der Waals surface area contributed by atoms with E-state index < -0.39 is 11.5 Å². The fourth-order valence-electron chi connectivity index (χ4n) is 0.937. The third kappa shape index (κ3) is 2.06. The molecule has 0 bridgehead atoms. The number of thiazole rings is 1. The zero-order chi connectivity index (χ0) is 10.1. The summed E-state index contributed by atoms with van der Waals surface area (Å²) in [4.78, 5) is 4.14. The topological polar surface area (TPSA) is 56.9 Å². The molecule has 0 fully saturated rings. The van der Waals surface area contributed by atoms with E-state index >= 15 is 0 Å². The minimum absolute atomic E-state index is 0.592. The highest BCUT2D eigenvalue weighted by atomic mass is 32.1. The van der Waals surface area contributed by atoms with Crippen LogP contribution in [0.5, 0.6) is 0 Å². The van der Waals surface area contributed by atoms with Gasteiger partial charge in [-0.15, -0.1) is 11.3 Å². The monoisotopic (exact) mass is 196 g/mol. The van der Waals surface area contributed by atoms with Crippen LogP contribution in [0.4, 0.5) is 0 Å². The summed E-state index contributed by atoms with van der Waals surface area (Å²) in [5.41, 5.74) is -0.186. The lowest BCUT2D eigenvalue weighted by molar-refractivity contribution is 0.0832. The maximum Gasteiger partial charge on any atom is 0.115 e. The first-order valence-electron chi connectivity index (χ1n) is 3.98. The maximum absolute atomic E-state index is 9.78. The Kier molecular flexibility index (Phi) is 2.69. The lowest BCUT2D eigenvalue weighted by Gasteiger charge is -2.20. The summed E-state index contributed by atoms with van der Waals surface area (Å²) in [7, 11) is 0. The Balaban J connectivity index is 2.92. The molecule has 1 rings (SSSR count). The molecule has 4 heteroatoms. The molecule has 1 atom stereocenters. The van der Waals surface area contributed by atoms with Crippen LogP contribution in [0.25, 0.3) is 0 Å². The summed E-state index contributed by atoms with van der Waals surface area (Å²) in [5, 5.41) is 21.3. The third-order valence-electron chi connectivity index (χ3n) is 1.89. The van der Waals surface area contributed by atoms with Crippen LogP contribution in [0.15, 0.2) is 5.38 Å². The molecule has 3 nitrogen and oxygen atoms in total. The van der Waals surface area contributed by atoms with Crippen molar-refractivity contribution in [1.29, 1.82) is 5.26 Å². The molecule has 0 aliphatic carbocycles. The zero-order valence-electron chi connectivity index (χ0n) is 7.90. The largest absolute Gasteiger partial charge is 0.385 e. The van der Waals surface area contributed by atoms with E-state index in [1.54, 1.807) is 19.2 Å². The van der Waals surface area contributed by atoms with Crippen LogP contribution < -0.4 is 0 Å². The first-order valence-corrected chi connectivity index (χ1v) is 4.86. The van der Waals surface area contributed by atoms with Gasteiger partial charge in [0.1, 0.15) is 6.10 Å². The highest BCUT2D eigenvalue weighted by molar-refractivity contribution is 7.09. The molecule has 0 saturated heterocycles. The Hall–Kier alpha value is -0.920. The van der Waals surface area contributed by atoms with Gasteiger partial charge in [0.05, 0.1) is 22.2 Å². The molecule has 1 aromatic rings. The molecule has 0 spiro atoms. The summed E-state index contributed by atoms with van der Waals surface area (Å²) < 4.78 is 0. The van der Waals surface area contributed by atoms with E-state index in [4.69, 9.17) is 5.26 Å². The molecule has 13 heavy (non-hydrogen) atoms. The van der Waals surface area contributed by atoms with Crippen LogP contribution in [0.2, 0.25) is 0 Å². The van der Waals surface area contributed by atoms with Crippen LogP contribution in [0, 0.1) is 23.7 Å². The summed E-state index contributed by atoms with van der Waals surface area (Å²) in [5.74, 6) is 0. The lowest BCUT2D eigenvalue weighted by atomic mass is 9.87. The SMILES string of the molecule is Cc1nc(C(O)C(C)(C)C#N)cs1. The van der Waals surface area contributed by atoms with Crippen molar-refractivity contribution in [2.24, 2.45) is 5.41 Å². The number of rotatable bonds is 2. The van der Waals surface area contributed by atoms with Crippen LogP contribution in [-0.4, -0.2) is 10.1 Å². The quantitative estimate of drug-likeness (QED) is 0.787. The number of hydrogen-bond acceptors (Lipinski definition) is 4. The molecular formula is C9H12N2OS. The number of nitrogens with zero attached hydrogens (tertiary/aromatic N) is 2. The van der Waals surface area contributed by atoms with Gasteiger partial charge in [-0.3, -0.25) is 0 Å². The summed E-state index contributed by atoms with van der Waals surface area (Å²) in [6, 6.07) is 2.06. The lowest BCUT2D eigenvalue weighted by Crippen LogP contribution is -2.20. The summed E-state index contributed by atoms with van der Waals surface area (Å²) in [6.45, 7) is 5.28. The molecule has 1 aromatic heterocycles. The van der Waals surface area contributed by atoms with Gasteiger partial charge in [-0.1, -0.05) is 0 Å². The minimum atomic E-state index is -0.803. The van der Waals surface area contributed by atoms with Crippen molar-refractivity contribution in [3.8, 4) is 6.07 Å². The normalized spacial score (nSPS) is 13.8. The molecule has 1 unspecified atom stereocenters. The van der Waals surface area contributed by atoms with E-state index in [1.807, 2.05) is 6.92 Å². The van der Waals surface area contributed by atoms with Gasteiger partial charge in [0.25, 0.3) is 0 Å². The van der Waals surface area contributed by atoms with Crippen molar-refractivity contribution < 1.29 is 5.11 Å². The number of aromatic nitrogens is 1. The molecule has 0 aliphatic heterocycles. The molecule has 0 aromatic carbocycles. The number of aryl methyl sites for hydroxylation is 1. The van der Waals surface area contributed by atoms with Crippen LogP contribution >= 0.6 is 11.3 Å². The van der Waals surface area contributed by atoms with Crippen LogP contribution in [0.1, 0.15) is 30.7 Å². The van der Waals surface area contributed by atoms with Crippen molar-refractivity contribution >= 4 is 11.3 Å². The molecule has 70 valence electrons. The van der Waals surface area contributed by atoms with Crippen molar-refractivity contribution in [3.05, 3.63) is 16.1 Å².